The molecule has 1 saturated heterocycles. The summed E-state index contributed by atoms with van der Waals surface area (Å²) >= 11 is 6.20. The Morgan fingerprint density at radius 2 is 1.92 bits per heavy atom. The molecule has 1 N–H and O–H groups in total. The first kappa shape index (κ1) is 18.8. The van der Waals surface area contributed by atoms with Gasteiger partial charge in [-0.15, -0.1) is 0 Å². The van der Waals surface area contributed by atoms with Crippen molar-refractivity contribution in [3.05, 3.63) is 52.6 Å². The number of aromatic nitrogens is 2. The summed E-state index contributed by atoms with van der Waals surface area (Å²) in [5.74, 6) is -0.599. The maximum Gasteiger partial charge on any atom is 0.433 e. The van der Waals surface area contributed by atoms with Crippen LogP contribution in [0, 0.1) is 5.82 Å². The molecule has 1 aliphatic rings. The zero-order valence-corrected chi connectivity index (χ0v) is 14.5. The van der Waals surface area contributed by atoms with E-state index < -0.39 is 23.7 Å². The quantitative estimate of drug-likeness (QED) is 0.764. The highest BCUT2D eigenvalue weighted by Crippen LogP contribution is 2.33. The van der Waals surface area contributed by atoms with Gasteiger partial charge < -0.3 is 5.32 Å². The van der Waals surface area contributed by atoms with Crippen LogP contribution in [0.2, 0.25) is 5.02 Å². The summed E-state index contributed by atoms with van der Waals surface area (Å²) in [5.41, 5.74) is -0.702. The van der Waals surface area contributed by atoms with Crippen LogP contribution in [0.1, 0.15) is 30.1 Å². The summed E-state index contributed by atoms with van der Waals surface area (Å²) in [6.45, 7) is 1.67. The van der Waals surface area contributed by atoms with Crippen LogP contribution in [0.3, 0.4) is 0 Å². The van der Waals surface area contributed by atoms with Crippen molar-refractivity contribution < 1.29 is 17.6 Å². The van der Waals surface area contributed by atoms with Gasteiger partial charge in [-0.25, -0.2) is 14.4 Å². The summed E-state index contributed by atoms with van der Waals surface area (Å²) in [5, 5.41) is 3.08. The van der Waals surface area contributed by atoms with Gasteiger partial charge >= 0.3 is 6.18 Å². The van der Waals surface area contributed by atoms with Crippen molar-refractivity contribution >= 4 is 17.5 Å². The highest BCUT2D eigenvalue weighted by atomic mass is 35.5. The third-order valence-corrected chi connectivity index (χ3v) is 4.64. The lowest BCUT2D eigenvalue weighted by molar-refractivity contribution is -0.141. The van der Waals surface area contributed by atoms with Gasteiger partial charge in [0, 0.05) is 23.3 Å². The van der Waals surface area contributed by atoms with E-state index in [0.717, 1.165) is 38.2 Å². The number of halogens is 5. The van der Waals surface area contributed by atoms with E-state index in [1.54, 1.807) is 6.07 Å². The molecule has 0 aliphatic carbocycles. The van der Waals surface area contributed by atoms with E-state index in [-0.39, 0.29) is 17.5 Å². The van der Waals surface area contributed by atoms with E-state index in [0.29, 0.717) is 5.56 Å². The summed E-state index contributed by atoms with van der Waals surface area (Å²) in [4.78, 5) is 9.37. The number of benzene rings is 1. The molecule has 0 radical (unpaired) electrons. The van der Waals surface area contributed by atoms with Gasteiger partial charge in [0.1, 0.15) is 11.5 Å². The number of anilines is 1. The lowest BCUT2D eigenvalue weighted by Gasteiger charge is -2.29. The SMILES string of the molecule is Fc1cccc(Cl)c1[C@H](CNc1nccc(C(F)(F)F)n1)N1CCCC1. The van der Waals surface area contributed by atoms with Crippen LogP contribution < -0.4 is 5.32 Å². The predicted molar refractivity (Wildman–Crippen MR) is 90.5 cm³/mol. The Morgan fingerprint density at radius 3 is 2.58 bits per heavy atom. The number of nitrogens with zero attached hydrogens (tertiary/aromatic N) is 3. The van der Waals surface area contributed by atoms with Crippen LogP contribution in [0.25, 0.3) is 0 Å². The fourth-order valence-electron chi connectivity index (χ4n) is 3.09. The second-order valence-corrected chi connectivity index (χ2v) is 6.45. The molecule has 1 fully saturated rings. The molecular formula is C17H17ClF4N4. The van der Waals surface area contributed by atoms with E-state index >= 15 is 0 Å². The molecule has 0 saturated carbocycles. The molecule has 0 amide bonds. The minimum Gasteiger partial charge on any atom is -0.352 e. The molecule has 140 valence electrons. The monoisotopic (exact) mass is 388 g/mol. The molecule has 0 unspecified atom stereocenters. The summed E-state index contributed by atoms with van der Waals surface area (Å²) < 4.78 is 52.8. The summed E-state index contributed by atoms with van der Waals surface area (Å²) in [6, 6.07) is 4.82. The molecule has 2 aromatic rings. The molecule has 2 heterocycles. The predicted octanol–water partition coefficient (Wildman–Crippen LogP) is 4.54. The van der Waals surface area contributed by atoms with Crippen molar-refractivity contribution in [1.29, 1.82) is 0 Å². The maximum atomic E-state index is 14.4. The molecule has 0 bridgehead atoms. The van der Waals surface area contributed by atoms with Crippen molar-refractivity contribution in [3.8, 4) is 0 Å². The molecule has 1 atom stereocenters. The van der Waals surface area contributed by atoms with Gasteiger partial charge in [0.2, 0.25) is 5.95 Å². The maximum absolute atomic E-state index is 14.4. The number of nitrogens with one attached hydrogen (secondary N) is 1. The average Bonchev–Trinajstić information content (AvgIpc) is 3.11. The van der Waals surface area contributed by atoms with E-state index in [9.17, 15) is 17.6 Å². The van der Waals surface area contributed by atoms with Crippen LogP contribution in [-0.4, -0.2) is 34.5 Å². The number of hydrogen-bond donors (Lipinski definition) is 1. The second-order valence-electron chi connectivity index (χ2n) is 6.04. The Morgan fingerprint density at radius 1 is 1.19 bits per heavy atom. The molecule has 1 aromatic carbocycles. The van der Waals surface area contributed by atoms with Crippen molar-refractivity contribution in [2.24, 2.45) is 0 Å². The molecule has 26 heavy (non-hydrogen) atoms. The van der Waals surface area contributed by atoms with E-state index in [1.165, 1.54) is 12.1 Å². The zero-order valence-electron chi connectivity index (χ0n) is 13.7. The first-order chi connectivity index (χ1) is 12.4. The number of alkyl halides is 3. The second kappa shape index (κ2) is 7.75. The fraction of sp³-hybridized carbons (Fsp3) is 0.412. The Kier molecular flexibility index (Phi) is 5.62. The number of likely N-dealkylation sites (tertiary alicyclic amines) is 1. The average molecular weight is 389 g/mol. The topological polar surface area (TPSA) is 41.1 Å². The van der Waals surface area contributed by atoms with Crippen LogP contribution in [0.4, 0.5) is 23.5 Å². The number of hydrogen-bond acceptors (Lipinski definition) is 4. The third-order valence-electron chi connectivity index (χ3n) is 4.31. The zero-order chi connectivity index (χ0) is 18.7. The highest BCUT2D eigenvalue weighted by Gasteiger charge is 2.33. The van der Waals surface area contributed by atoms with E-state index in [2.05, 4.69) is 20.2 Å². The first-order valence-corrected chi connectivity index (χ1v) is 8.56. The first-order valence-electron chi connectivity index (χ1n) is 8.18. The molecular weight excluding hydrogens is 372 g/mol. The van der Waals surface area contributed by atoms with Gasteiger partial charge in [0.05, 0.1) is 6.04 Å². The van der Waals surface area contributed by atoms with Crippen LogP contribution in [0.5, 0.6) is 0 Å². The van der Waals surface area contributed by atoms with Gasteiger partial charge in [-0.1, -0.05) is 17.7 Å². The van der Waals surface area contributed by atoms with Crippen LogP contribution >= 0.6 is 11.6 Å². The Bertz CT molecular complexity index is 742. The van der Waals surface area contributed by atoms with Gasteiger partial charge in [0.15, 0.2) is 0 Å². The van der Waals surface area contributed by atoms with Gasteiger partial charge in [-0.05, 0) is 44.1 Å². The highest BCUT2D eigenvalue weighted by molar-refractivity contribution is 6.31. The smallest absolute Gasteiger partial charge is 0.352 e. The van der Waals surface area contributed by atoms with E-state index in [1.807, 2.05) is 0 Å². The van der Waals surface area contributed by atoms with Crippen molar-refractivity contribution in [3.63, 3.8) is 0 Å². The van der Waals surface area contributed by atoms with Gasteiger partial charge in [-0.3, -0.25) is 4.90 Å². The summed E-state index contributed by atoms with van der Waals surface area (Å²) in [7, 11) is 0. The Hall–Kier alpha value is -1.93. The van der Waals surface area contributed by atoms with Crippen molar-refractivity contribution in [1.82, 2.24) is 14.9 Å². The third kappa shape index (κ3) is 4.24. The lowest BCUT2D eigenvalue weighted by atomic mass is 10.0. The molecule has 4 nitrogen and oxygen atoms in total. The van der Waals surface area contributed by atoms with Gasteiger partial charge in [-0.2, -0.15) is 13.2 Å². The largest absolute Gasteiger partial charge is 0.433 e. The Balaban J connectivity index is 1.83. The molecule has 0 spiro atoms. The summed E-state index contributed by atoms with van der Waals surface area (Å²) in [6.07, 6.45) is -1.56. The Labute approximate surface area is 153 Å². The van der Waals surface area contributed by atoms with Crippen LogP contribution in [0.15, 0.2) is 30.5 Å². The standard InChI is InChI=1S/C17H17ClF4N4/c18-11-4-3-5-12(19)15(11)13(26-8-1-2-9-26)10-24-16-23-7-6-14(25-16)17(20,21)22/h3-7,13H,1-2,8-10H2,(H,23,24,25)/t13-/m0/s1. The van der Waals surface area contributed by atoms with Crippen LogP contribution in [-0.2, 0) is 6.18 Å². The van der Waals surface area contributed by atoms with E-state index in [4.69, 9.17) is 11.6 Å². The fourth-order valence-corrected chi connectivity index (χ4v) is 3.37. The lowest BCUT2D eigenvalue weighted by Crippen LogP contribution is -2.32. The number of rotatable bonds is 5. The van der Waals surface area contributed by atoms with Crippen molar-refractivity contribution in [2.45, 2.75) is 25.1 Å². The minimum atomic E-state index is -4.55. The van der Waals surface area contributed by atoms with Gasteiger partial charge in [0.25, 0.3) is 0 Å². The normalized spacial score (nSPS) is 16.7. The molecule has 9 heteroatoms. The molecule has 1 aromatic heterocycles. The minimum absolute atomic E-state index is 0.141. The molecule has 3 rings (SSSR count). The molecule has 1 aliphatic heterocycles. The van der Waals surface area contributed by atoms with Crippen molar-refractivity contribution in [2.75, 3.05) is 25.0 Å².